The fourth-order valence-corrected chi connectivity index (χ4v) is 3.63. The van der Waals surface area contributed by atoms with Crippen LogP contribution in [0.1, 0.15) is 67.2 Å². The summed E-state index contributed by atoms with van der Waals surface area (Å²) >= 11 is 0. The summed E-state index contributed by atoms with van der Waals surface area (Å²) in [6.07, 6.45) is 0.585. The van der Waals surface area contributed by atoms with E-state index in [9.17, 15) is 19.1 Å². The molecule has 2 aromatic carbocycles. The van der Waals surface area contributed by atoms with E-state index in [-0.39, 0.29) is 23.2 Å². The second-order valence-corrected chi connectivity index (χ2v) is 10.1. The van der Waals surface area contributed by atoms with E-state index in [4.69, 9.17) is 4.74 Å². The molecule has 1 N–H and O–H groups in total. The number of nitrogens with zero attached hydrogens (tertiary/aromatic N) is 2. The van der Waals surface area contributed by atoms with Crippen molar-refractivity contribution >= 4 is 12.1 Å². The van der Waals surface area contributed by atoms with Crippen LogP contribution in [0.15, 0.2) is 30.3 Å². The molecule has 212 valence electrons. The number of phenols is 1. The first kappa shape index (κ1) is 32.9. The van der Waals surface area contributed by atoms with Gasteiger partial charge in [-0.05, 0) is 88.4 Å². The van der Waals surface area contributed by atoms with Crippen molar-refractivity contribution in [3.05, 3.63) is 64.0 Å². The number of esters is 1. The summed E-state index contributed by atoms with van der Waals surface area (Å²) < 4.78 is 23.5. The van der Waals surface area contributed by atoms with Crippen molar-refractivity contribution in [2.45, 2.75) is 67.4 Å². The first-order valence-electron chi connectivity index (χ1n) is 13.1. The van der Waals surface area contributed by atoms with Crippen molar-refractivity contribution in [2.75, 3.05) is 39.8 Å². The predicted molar refractivity (Wildman–Crippen MR) is 149 cm³/mol. The van der Waals surface area contributed by atoms with Crippen LogP contribution >= 0.6 is 0 Å². The molecule has 0 saturated carbocycles. The first-order valence-corrected chi connectivity index (χ1v) is 13.1. The number of carbonyl (C=O) groups is 2. The van der Waals surface area contributed by atoms with E-state index in [2.05, 4.69) is 9.64 Å². The molecule has 38 heavy (non-hydrogen) atoms. The lowest BCUT2D eigenvalue weighted by atomic mass is 10.1. The van der Waals surface area contributed by atoms with Crippen LogP contribution in [0.3, 0.4) is 0 Å². The molecule has 0 spiro atoms. The highest BCUT2D eigenvalue weighted by Crippen LogP contribution is 2.22. The second-order valence-electron chi connectivity index (χ2n) is 10.1. The fourth-order valence-electron chi connectivity index (χ4n) is 3.63. The molecule has 0 aliphatic carbocycles. The Morgan fingerprint density at radius 3 is 2.05 bits per heavy atom. The zero-order valence-electron chi connectivity index (χ0n) is 24.5. The summed E-state index contributed by atoms with van der Waals surface area (Å²) in [5.74, 6) is -0.687. The average molecular weight is 533 g/mol. The van der Waals surface area contributed by atoms with Gasteiger partial charge in [0.15, 0.2) is 0 Å². The molecule has 0 atom stereocenters. The largest absolute Gasteiger partial charge is 0.507 e. The quantitative estimate of drug-likeness (QED) is 0.483. The minimum atomic E-state index is -0.513. The van der Waals surface area contributed by atoms with Crippen LogP contribution in [0.4, 0.5) is 9.18 Å². The number of benzene rings is 2. The van der Waals surface area contributed by atoms with Gasteiger partial charge in [0.25, 0.3) is 0 Å². The number of phenolic OH excluding ortho intramolecular Hbond substituents is 1. The maximum absolute atomic E-state index is 13.5. The maximum Gasteiger partial charge on any atom is 0.410 e. The van der Waals surface area contributed by atoms with E-state index >= 15 is 0 Å². The number of hydrogen-bond acceptors (Lipinski definition) is 6. The van der Waals surface area contributed by atoms with Gasteiger partial charge >= 0.3 is 12.1 Å². The Hall–Kier alpha value is -3.13. The number of carbonyl (C=O) groups excluding carboxylic acids is 2. The van der Waals surface area contributed by atoms with Crippen LogP contribution in [0.5, 0.6) is 5.75 Å². The van der Waals surface area contributed by atoms with Gasteiger partial charge in [-0.25, -0.2) is 14.0 Å². The van der Waals surface area contributed by atoms with E-state index in [0.717, 1.165) is 42.7 Å². The molecule has 0 unspecified atom stereocenters. The Kier molecular flexibility index (Phi) is 13.3. The fraction of sp³-hybridized carbons (Fsp3) is 0.533. The van der Waals surface area contributed by atoms with Crippen molar-refractivity contribution in [1.29, 1.82) is 0 Å². The van der Waals surface area contributed by atoms with Crippen LogP contribution in [0.2, 0.25) is 0 Å². The molecule has 8 heteroatoms. The SMILES string of the molecule is CC.COC(=O)c1cc(C)c(C)cc1O.Cc1ccc(CCN2CCN(C(=O)OC(C)(C)C)CC2)cc1F. The van der Waals surface area contributed by atoms with Crippen molar-refractivity contribution in [1.82, 2.24) is 9.80 Å². The molecule has 3 rings (SSSR count). The Morgan fingerprint density at radius 2 is 1.53 bits per heavy atom. The lowest BCUT2D eigenvalue weighted by molar-refractivity contribution is 0.0146. The van der Waals surface area contributed by atoms with Crippen LogP contribution in [0, 0.1) is 26.6 Å². The van der Waals surface area contributed by atoms with Crippen molar-refractivity contribution in [3.8, 4) is 5.75 Å². The lowest BCUT2D eigenvalue weighted by Crippen LogP contribution is -2.50. The normalized spacial score (nSPS) is 13.5. The first-order chi connectivity index (χ1) is 17.8. The highest BCUT2D eigenvalue weighted by atomic mass is 19.1. The molecule has 0 radical (unpaired) electrons. The van der Waals surface area contributed by atoms with E-state index in [1.54, 1.807) is 30.0 Å². The summed E-state index contributed by atoms with van der Waals surface area (Å²) in [4.78, 5) is 27.2. The molecule has 1 fully saturated rings. The standard InChI is InChI=1S/C18H27FN2O2.C10H12O3.C2H6/c1-14-5-6-15(13-16(14)19)7-8-20-9-11-21(12-10-20)17(22)23-18(2,3)4;1-6-4-8(10(12)13-3)9(11)5-7(6)2;1-2/h5-6,13H,7-12H2,1-4H3;4-5,11H,1-3H3;1-2H3. The van der Waals surface area contributed by atoms with Gasteiger partial charge < -0.3 is 19.5 Å². The molecule has 2 aromatic rings. The zero-order valence-corrected chi connectivity index (χ0v) is 24.5. The highest BCUT2D eigenvalue weighted by molar-refractivity contribution is 5.92. The summed E-state index contributed by atoms with van der Waals surface area (Å²) in [6.45, 7) is 19.0. The molecule has 1 aliphatic rings. The molecule has 7 nitrogen and oxygen atoms in total. The molecule has 0 bridgehead atoms. The van der Waals surface area contributed by atoms with E-state index in [1.165, 1.54) is 7.11 Å². The number of ether oxygens (including phenoxy) is 2. The molecule has 0 aromatic heterocycles. The Morgan fingerprint density at radius 1 is 0.947 bits per heavy atom. The average Bonchev–Trinajstić information content (AvgIpc) is 2.87. The zero-order chi connectivity index (χ0) is 29.0. The minimum absolute atomic E-state index is 0.0325. The minimum Gasteiger partial charge on any atom is -0.507 e. The van der Waals surface area contributed by atoms with Crippen molar-refractivity contribution < 1.29 is 28.6 Å². The van der Waals surface area contributed by atoms with Crippen LogP contribution < -0.4 is 0 Å². The number of aryl methyl sites for hydroxylation is 3. The van der Waals surface area contributed by atoms with Crippen LogP contribution in [0.25, 0.3) is 0 Å². The smallest absolute Gasteiger partial charge is 0.410 e. The van der Waals surface area contributed by atoms with Crippen molar-refractivity contribution in [3.63, 3.8) is 0 Å². The lowest BCUT2D eigenvalue weighted by Gasteiger charge is -2.35. The van der Waals surface area contributed by atoms with E-state index < -0.39 is 11.6 Å². The number of hydrogen-bond donors (Lipinski definition) is 1. The third kappa shape index (κ3) is 10.7. The maximum atomic E-state index is 13.5. The number of amides is 1. The van der Waals surface area contributed by atoms with Gasteiger partial charge in [0.05, 0.1) is 7.11 Å². The number of aromatic hydroxyl groups is 1. The number of methoxy groups -OCH3 is 1. The molecule has 1 saturated heterocycles. The summed E-state index contributed by atoms with van der Waals surface area (Å²) in [6, 6.07) is 8.60. The van der Waals surface area contributed by atoms with Gasteiger partial charge in [-0.2, -0.15) is 0 Å². The number of halogens is 1. The van der Waals surface area contributed by atoms with Gasteiger partial charge in [-0.3, -0.25) is 4.90 Å². The van der Waals surface area contributed by atoms with Crippen LogP contribution in [-0.4, -0.2) is 72.4 Å². The van der Waals surface area contributed by atoms with Gasteiger partial charge in [0, 0.05) is 32.7 Å². The van der Waals surface area contributed by atoms with Crippen LogP contribution in [-0.2, 0) is 15.9 Å². The molecule has 1 aliphatic heterocycles. The van der Waals surface area contributed by atoms with Gasteiger partial charge in [0.2, 0.25) is 0 Å². The molecule has 1 heterocycles. The summed E-state index contributed by atoms with van der Waals surface area (Å²) in [5.41, 5.74) is 3.36. The van der Waals surface area contributed by atoms with Gasteiger partial charge in [-0.1, -0.05) is 26.0 Å². The second kappa shape index (κ2) is 15.3. The van der Waals surface area contributed by atoms with Crippen molar-refractivity contribution in [2.24, 2.45) is 0 Å². The van der Waals surface area contributed by atoms with E-state index in [1.807, 2.05) is 60.6 Å². The number of piperazine rings is 1. The summed E-state index contributed by atoms with van der Waals surface area (Å²) in [5, 5.41) is 9.42. The van der Waals surface area contributed by atoms with Gasteiger partial charge in [0.1, 0.15) is 22.7 Å². The molecular formula is C30H45FN2O5. The molecular weight excluding hydrogens is 487 g/mol. The summed E-state index contributed by atoms with van der Waals surface area (Å²) in [7, 11) is 1.29. The highest BCUT2D eigenvalue weighted by Gasteiger charge is 2.25. The predicted octanol–water partition coefficient (Wildman–Crippen LogP) is 6.05. The Bertz CT molecular complexity index is 1060. The monoisotopic (exact) mass is 532 g/mol. The van der Waals surface area contributed by atoms with E-state index in [0.29, 0.717) is 18.7 Å². The van der Waals surface area contributed by atoms with Gasteiger partial charge in [-0.15, -0.1) is 0 Å². The Balaban J connectivity index is 0.000000408. The molecule has 1 amide bonds. The topological polar surface area (TPSA) is 79.3 Å². The third-order valence-electron chi connectivity index (χ3n) is 5.99. The Labute approximate surface area is 227 Å². The number of rotatable bonds is 4. The third-order valence-corrected chi connectivity index (χ3v) is 5.99.